The van der Waals surface area contributed by atoms with E-state index in [4.69, 9.17) is 0 Å². The second-order valence-corrected chi connectivity index (χ2v) is 8.03. The molecular formula is C17H13F2N3O3S2. The third-order valence-corrected chi connectivity index (χ3v) is 6.01. The summed E-state index contributed by atoms with van der Waals surface area (Å²) in [4.78, 5) is 17.3. The first-order valence-electron chi connectivity index (χ1n) is 7.58. The van der Waals surface area contributed by atoms with Crippen molar-refractivity contribution >= 4 is 27.3 Å². The fraction of sp³-hybridized carbons (Fsp3) is 0.0588. The average molecular weight is 409 g/mol. The van der Waals surface area contributed by atoms with Crippen molar-refractivity contribution in [3.05, 3.63) is 70.7 Å². The molecule has 0 radical (unpaired) electrons. The van der Waals surface area contributed by atoms with Gasteiger partial charge in [-0.15, -0.1) is 16.2 Å². The Morgan fingerprint density at radius 2 is 1.67 bits per heavy atom. The van der Waals surface area contributed by atoms with Crippen LogP contribution >= 0.6 is 11.3 Å². The summed E-state index contributed by atoms with van der Waals surface area (Å²) in [6, 6.07) is 11.8. The SMILES string of the molecule is Cc1nc(-c2ccccc2)sc1C(=O)NNS(=O)(=O)c1c(F)cccc1F. The Kier molecular flexibility index (Phi) is 5.31. The molecule has 6 nitrogen and oxygen atoms in total. The maximum atomic E-state index is 13.7. The van der Waals surface area contributed by atoms with Gasteiger partial charge in [-0.25, -0.2) is 22.2 Å². The summed E-state index contributed by atoms with van der Waals surface area (Å²) < 4.78 is 51.5. The van der Waals surface area contributed by atoms with Gasteiger partial charge in [0.15, 0.2) is 4.90 Å². The van der Waals surface area contributed by atoms with E-state index in [1.165, 1.54) is 0 Å². The van der Waals surface area contributed by atoms with Crippen LogP contribution in [0.2, 0.25) is 0 Å². The Hall–Kier alpha value is -2.69. The van der Waals surface area contributed by atoms with Crippen LogP contribution in [0.5, 0.6) is 0 Å². The Morgan fingerprint density at radius 1 is 1.04 bits per heavy atom. The number of nitrogens with one attached hydrogen (secondary N) is 2. The van der Waals surface area contributed by atoms with Crippen molar-refractivity contribution in [1.82, 2.24) is 15.2 Å². The van der Waals surface area contributed by atoms with Crippen molar-refractivity contribution in [3.63, 3.8) is 0 Å². The van der Waals surface area contributed by atoms with Gasteiger partial charge in [-0.3, -0.25) is 10.2 Å². The van der Waals surface area contributed by atoms with Crippen LogP contribution in [-0.4, -0.2) is 19.3 Å². The minimum Gasteiger partial charge on any atom is -0.273 e. The van der Waals surface area contributed by atoms with Gasteiger partial charge in [0.1, 0.15) is 21.5 Å². The van der Waals surface area contributed by atoms with E-state index >= 15 is 0 Å². The largest absolute Gasteiger partial charge is 0.278 e. The van der Waals surface area contributed by atoms with Gasteiger partial charge in [0.25, 0.3) is 15.9 Å². The second kappa shape index (κ2) is 7.51. The van der Waals surface area contributed by atoms with E-state index in [0.29, 0.717) is 10.7 Å². The number of benzene rings is 2. The number of aryl methyl sites for hydroxylation is 1. The molecule has 1 heterocycles. The number of aromatic nitrogens is 1. The van der Waals surface area contributed by atoms with Gasteiger partial charge in [0.05, 0.1) is 5.69 Å². The lowest BCUT2D eigenvalue weighted by Gasteiger charge is -2.09. The van der Waals surface area contributed by atoms with Crippen LogP contribution in [0.1, 0.15) is 15.4 Å². The van der Waals surface area contributed by atoms with Crippen molar-refractivity contribution in [2.75, 3.05) is 0 Å². The number of hydrogen-bond donors (Lipinski definition) is 2. The number of hydrazine groups is 1. The fourth-order valence-corrected chi connectivity index (χ4v) is 4.22. The van der Waals surface area contributed by atoms with Gasteiger partial charge in [0.2, 0.25) is 0 Å². The molecule has 0 spiro atoms. The molecule has 0 aliphatic carbocycles. The van der Waals surface area contributed by atoms with E-state index in [-0.39, 0.29) is 4.88 Å². The van der Waals surface area contributed by atoms with Gasteiger partial charge < -0.3 is 0 Å². The fourth-order valence-electron chi connectivity index (χ4n) is 2.27. The zero-order valence-corrected chi connectivity index (χ0v) is 15.5. The molecule has 0 aliphatic heterocycles. The normalized spacial score (nSPS) is 11.4. The van der Waals surface area contributed by atoms with Gasteiger partial charge >= 0.3 is 0 Å². The zero-order valence-electron chi connectivity index (χ0n) is 13.9. The number of thiazole rings is 1. The number of rotatable bonds is 5. The first kappa shape index (κ1) is 19.1. The molecule has 1 amide bonds. The van der Waals surface area contributed by atoms with E-state index < -0.39 is 32.5 Å². The number of hydrogen-bond acceptors (Lipinski definition) is 5. The minimum absolute atomic E-state index is 0.172. The second-order valence-electron chi connectivity index (χ2n) is 5.41. The van der Waals surface area contributed by atoms with E-state index in [0.717, 1.165) is 35.1 Å². The molecule has 0 unspecified atom stereocenters. The molecule has 0 atom stereocenters. The molecular weight excluding hydrogens is 396 g/mol. The smallest absolute Gasteiger partial charge is 0.273 e. The quantitative estimate of drug-likeness (QED) is 0.634. The summed E-state index contributed by atoms with van der Waals surface area (Å²) in [6.07, 6.45) is 0. The van der Waals surface area contributed by atoms with Crippen molar-refractivity contribution in [2.45, 2.75) is 11.8 Å². The molecule has 10 heteroatoms. The third kappa shape index (κ3) is 4.02. The van der Waals surface area contributed by atoms with Crippen LogP contribution in [0.3, 0.4) is 0 Å². The Bertz CT molecular complexity index is 1080. The van der Waals surface area contributed by atoms with Gasteiger partial charge in [-0.05, 0) is 19.1 Å². The van der Waals surface area contributed by atoms with E-state index in [9.17, 15) is 22.0 Å². The number of amides is 1. The summed E-state index contributed by atoms with van der Waals surface area (Å²) >= 11 is 1.07. The van der Waals surface area contributed by atoms with Gasteiger partial charge in [-0.1, -0.05) is 36.4 Å². The van der Waals surface area contributed by atoms with Crippen molar-refractivity contribution in [3.8, 4) is 10.6 Å². The molecule has 140 valence electrons. The molecule has 0 bridgehead atoms. The lowest BCUT2D eigenvalue weighted by Crippen LogP contribution is -2.42. The highest BCUT2D eigenvalue weighted by Crippen LogP contribution is 2.27. The Labute approximate surface area is 157 Å². The summed E-state index contributed by atoms with van der Waals surface area (Å²) in [6.45, 7) is 1.60. The zero-order chi connectivity index (χ0) is 19.6. The molecule has 2 aromatic carbocycles. The Morgan fingerprint density at radius 3 is 2.30 bits per heavy atom. The van der Waals surface area contributed by atoms with Crippen LogP contribution in [0.4, 0.5) is 8.78 Å². The lowest BCUT2D eigenvalue weighted by molar-refractivity contribution is 0.0948. The first-order chi connectivity index (χ1) is 12.8. The summed E-state index contributed by atoms with van der Waals surface area (Å²) in [5, 5.41) is 0.584. The van der Waals surface area contributed by atoms with Crippen LogP contribution in [0.15, 0.2) is 53.4 Å². The molecule has 0 saturated carbocycles. The highest BCUT2D eigenvalue weighted by molar-refractivity contribution is 7.89. The predicted molar refractivity (Wildman–Crippen MR) is 96.4 cm³/mol. The van der Waals surface area contributed by atoms with Gasteiger partial charge in [-0.2, -0.15) is 0 Å². The van der Waals surface area contributed by atoms with E-state index in [2.05, 4.69) is 4.98 Å². The average Bonchev–Trinajstić information content (AvgIpc) is 3.02. The standard InChI is InChI=1S/C17H13F2N3O3S2/c1-10-14(26-17(20-10)11-6-3-2-4-7-11)16(23)21-22-27(24,25)15-12(18)8-5-9-13(15)19/h2-9,22H,1H3,(H,21,23). The third-order valence-electron chi connectivity index (χ3n) is 3.51. The highest BCUT2D eigenvalue weighted by atomic mass is 32.2. The summed E-state index contributed by atoms with van der Waals surface area (Å²) in [7, 11) is -4.63. The number of halogens is 2. The lowest BCUT2D eigenvalue weighted by atomic mass is 10.2. The minimum atomic E-state index is -4.63. The van der Waals surface area contributed by atoms with Crippen LogP contribution in [0, 0.1) is 18.6 Å². The van der Waals surface area contributed by atoms with Crippen molar-refractivity contribution in [2.24, 2.45) is 0 Å². The van der Waals surface area contributed by atoms with E-state index in [1.807, 2.05) is 35.8 Å². The summed E-state index contributed by atoms with van der Waals surface area (Å²) in [5.41, 5.74) is 3.16. The maximum absolute atomic E-state index is 13.7. The van der Waals surface area contributed by atoms with Crippen LogP contribution < -0.4 is 10.3 Å². The number of sulfonamides is 1. The number of nitrogens with zero attached hydrogens (tertiary/aromatic N) is 1. The molecule has 0 fully saturated rings. The molecule has 0 aliphatic rings. The number of carbonyl (C=O) groups is 1. The highest BCUT2D eigenvalue weighted by Gasteiger charge is 2.25. The van der Waals surface area contributed by atoms with Gasteiger partial charge in [0, 0.05) is 5.56 Å². The molecule has 27 heavy (non-hydrogen) atoms. The maximum Gasteiger partial charge on any atom is 0.278 e. The Balaban J connectivity index is 1.80. The molecule has 3 rings (SSSR count). The number of carbonyl (C=O) groups excluding carboxylic acids is 1. The molecule has 2 N–H and O–H groups in total. The summed E-state index contributed by atoms with van der Waals surface area (Å²) in [5.74, 6) is -3.32. The topological polar surface area (TPSA) is 88.2 Å². The molecule has 3 aromatic rings. The van der Waals surface area contributed by atoms with Crippen molar-refractivity contribution < 1.29 is 22.0 Å². The molecule has 0 saturated heterocycles. The molecule has 1 aromatic heterocycles. The monoisotopic (exact) mass is 409 g/mol. The first-order valence-corrected chi connectivity index (χ1v) is 9.88. The van der Waals surface area contributed by atoms with Crippen LogP contribution in [-0.2, 0) is 10.0 Å². The van der Waals surface area contributed by atoms with Crippen molar-refractivity contribution in [1.29, 1.82) is 0 Å². The van der Waals surface area contributed by atoms with E-state index in [1.54, 1.807) is 11.8 Å². The van der Waals surface area contributed by atoms with Crippen LogP contribution in [0.25, 0.3) is 10.6 Å². The predicted octanol–water partition coefficient (Wildman–Crippen LogP) is 3.02.